The molecule has 0 saturated heterocycles. The van der Waals surface area contributed by atoms with Crippen LogP contribution in [0.5, 0.6) is 5.88 Å². The summed E-state index contributed by atoms with van der Waals surface area (Å²) in [6.45, 7) is 0. The predicted octanol–water partition coefficient (Wildman–Crippen LogP) is 5.07. The normalized spacial score (nSPS) is 18.0. The van der Waals surface area contributed by atoms with Crippen LogP contribution < -0.4 is 10.1 Å². The van der Waals surface area contributed by atoms with Crippen LogP contribution in [0.3, 0.4) is 0 Å². The van der Waals surface area contributed by atoms with E-state index < -0.39 is 5.97 Å². The number of aromatic nitrogens is 3. The summed E-state index contributed by atoms with van der Waals surface area (Å²) in [4.78, 5) is 27.8. The SMILES string of the molecule is O=C(Cc1ccc(OC2CCC(C(=O)O)CC2)nc1)c1nnc(Nc2ccc(Br)cc2Cl)o1. The number of carboxylic acids is 1. The van der Waals surface area contributed by atoms with E-state index in [1.165, 1.54) is 0 Å². The van der Waals surface area contributed by atoms with E-state index in [0.29, 0.717) is 47.8 Å². The standard InChI is InChI=1S/C22H20BrClN4O5/c23-14-4-7-17(16(24)10-14)26-22-28-27-20(33-22)18(29)9-12-1-8-19(25-11-12)32-15-5-2-13(3-6-15)21(30)31/h1,4,7-8,10-11,13,15H,2-3,5-6,9H2,(H,26,28)(H,30,31). The second kappa shape index (κ2) is 10.3. The van der Waals surface area contributed by atoms with E-state index in [-0.39, 0.29) is 36.1 Å². The molecule has 0 atom stereocenters. The van der Waals surface area contributed by atoms with Crippen LogP contribution in [0.25, 0.3) is 0 Å². The van der Waals surface area contributed by atoms with Crippen LogP contribution in [-0.2, 0) is 11.2 Å². The van der Waals surface area contributed by atoms with Crippen LogP contribution >= 0.6 is 27.5 Å². The van der Waals surface area contributed by atoms with Gasteiger partial charge in [-0.25, -0.2) is 4.98 Å². The van der Waals surface area contributed by atoms with Crippen molar-refractivity contribution in [2.75, 3.05) is 5.32 Å². The summed E-state index contributed by atoms with van der Waals surface area (Å²) >= 11 is 9.49. The molecule has 1 aliphatic carbocycles. The quantitative estimate of drug-likeness (QED) is 0.380. The maximum atomic E-state index is 12.5. The van der Waals surface area contributed by atoms with Crippen molar-refractivity contribution in [3.63, 3.8) is 0 Å². The minimum Gasteiger partial charge on any atom is -0.481 e. The molecule has 0 unspecified atom stereocenters. The van der Waals surface area contributed by atoms with Crippen molar-refractivity contribution >= 4 is 51.0 Å². The Kier molecular flexibility index (Phi) is 7.24. The van der Waals surface area contributed by atoms with Gasteiger partial charge in [0.05, 0.1) is 16.6 Å². The topological polar surface area (TPSA) is 127 Å². The number of hydrogen-bond donors (Lipinski definition) is 2. The van der Waals surface area contributed by atoms with Crippen molar-refractivity contribution in [1.82, 2.24) is 15.2 Å². The van der Waals surface area contributed by atoms with Gasteiger partial charge in [0.1, 0.15) is 6.10 Å². The summed E-state index contributed by atoms with van der Waals surface area (Å²) in [6.07, 6.45) is 4.10. The molecule has 0 aliphatic heterocycles. The minimum atomic E-state index is -0.748. The number of hydrogen-bond acceptors (Lipinski definition) is 8. The van der Waals surface area contributed by atoms with Crippen LogP contribution in [-0.4, -0.2) is 38.1 Å². The van der Waals surface area contributed by atoms with Crippen molar-refractivity contribution in [3.05, 3.63) is 57.5 Å². The van der Waals surface area contributed by atoms with Crippen molar-refractivity contribution in [1.29, 1.82) is 0 Å². The lowest BCUT2D eigenvalue weighted by atomic mass is 9.87. The number of carbonyl (C=O) groups is 2. The zero-order chi connectivity index (χ0) is 23.4. The molecule has 11 heteroatoms. The van der Waals surface area contributed by atoms with Gasteiger partial charge in [-0.05, 0) is 49.4 Å². The molecule has 1 aliphatic rings. The van der Waals surface area contributed by atoms with E-state index in [1.54, 1.807) is 36.5 Å². The number of rotatable bonds is 8. The highest BCUT2D eigenvalue weighted by Crippen LogP contribution is 2.29. The maximum Gasteiger partial charge on any atom is 0.320 e. The molecule has 0 amide bonds. The van der Waals surface area contributed by atoms with E-state index in [9.17, 15) is 9.59 Å². The third kappa shape index (κ3) is 6.08. The number of ketones is 1. The molecule has 0 radical (unpaired) electrons. The minimum absolute atomic E-state index is 0.0394. The van der Waals surface area contributed by atoms with Crippen LogP contribution in [0.4, 0.5) is 11.7 Å². The maximum absolute atomic E-state index is 12.5. The molecule has 172 valence electrons. The van der Waals surface area contributed by atoms with Crippen LogP contribution in [0, 0.1) is 5.92 Å². The van der Waals surface area contributed by atoms with Crippen LogP contribution in [0.1, 0.15) is 41.9 Å². The molecule has 2 N–H and O–H groups in total. The monoisotopic (exact) mass is 534 g/mol. The Hall–Kier alpha value is -2.98. The molecule has 9 nitrogen and oxygen atoms in total. The van der Waals surface area contributed by atoms with Gasteiger partial charge in [0.15, 0.2) is 0 Å². The molecule has 2 aromatic heterocycles. The largest absolute Gasteiger partial charge is 0.481 e. The Morgan fingerprint density at radius 3 is 2.64 bits per heavy atom. The number of nitrogens with one attached hydrogen (secondary N) is 1. The first kappa shape index (κ1) is 23.2. The molecule has 0 bridgehead atoms. The molecular formula is C22H20BrClN4O5. The van der Waals surface area contributed by atoms with Gasteiger partial charge >= 0.3 is 12.0 Å². The van der Waals surface area contributed by atoms with Gasteiger partial charge in [-0.3, -0.25) is 9.59 Å². The summed E-state index contributed by atoms with van der Waals surface area (Å²) in [6, 6.07) is 8.77. The lowest BCUT2D eigenvalue weighted by Crippen LogP contribution is -2.28. The number of nitrogens with zero attached hydrogens (tertiary/aromatic N) is 3. The molecule has 4 rings (SSSR count). The van der Waals surface area contributed by atoms with Gasteiger partial charge < -0.3 is 19.6 Å². The summed E-state index contributed by atoms with van der Waals surface area (Å²) in [5.41, 5.74) is 1.24. The first-order valence-electron chi connectivity index (χ1n) is 10.3. The smallest absolute Gasteiger partial charge is 0.320 e. The van der Waals surface area contributed by atoms with Crippen molar-refractivity contribution < 1.29 is 23.8 Å². The van der Waals surface area contributed by atoms with Crippen molar-refractivity contribution in [2.45, 2.75) is 38.2 Å². The zero-order valence-electron chi connectivity index (χ0n) is 17.3. The fourth-order valence-electron chi connectivity index (χ4n) is 3.54. The number of aliphatic carboxylic acids is 1. The average Bonchev–Trinajstić information content (AvgIpc) is 3.26. The number of ether oxygens (including phenoxy) is 1. The molecule has 2 heterocycles. The van der Waals surface area contributed by atoms with Crippen LogP contribution in [0.15, 0.2) is 45.4 Å². The fourth-order valence-corrected chi connectivity index (χ4v) is 4.26. The average molecular weight is 536 g/mol. The van der Waals surface area contributed by atoms with E-state index >= 15 is 0 Å². The van der Waals surface area contributed by atoms with Gasteiger partial charge in [-0.1, -0.05) is 38.7 Å². The number of carbonyl (C=O) groups excluding carboxylic acids is 1. The fraction of sp³-hybridized carbons (Fsp3) is 0.318. The Balaban J connectivity index is 1.30. The second-order valence-corrected chi connectivity index (χ2v) is 9.02. The van der Waals surface area contributed by atoms with Gasteiger partial charge in [0, 0.05) is 23.2 Å². The van der Waals surface area contributed by atoms with E-state index in [2.05, 4.69) is 36.4 Å². The Labute approximate surface area is 202 Å². The van der Waals surface area contributed by atoms with Gasteiger partial charge in [0.25, 0.3) is 5.89 Å². The zero-order valence-corrected chi connectivity index (χ0v) is 19.7. The number of anilines is 2. The van der Waals surface area contributed by atoms with Crippen molar-refractivity contribution in [2.24, 2.45) is 5.92 Å². The highest BCUT2D eigenvalue weighted by atomic mass is 79.9. The number of benzene rings is 1. The lowest BCUT2D eigenvalue weighted by Gasteiger charge is -2.26. The summed E-state index contributed by atoms with van der Waals surface area (Å²) in [5, 5.41) is 20.1. The number of carboxylic acid groups (broad SMARTS) is 1. The molecule has 3 aromatic rings. The molecule has 33 heavy (non-hydrogen) atoms. The van der Waals surface area contributed by atoms with E-state index in [4.69, 9.17) is 25.9 Å². The number of Topliss-reactive ketones (excluding diaryl/α,β-unsaturated/α-hetero) is 1. The molecule has 1 fully saturated rings. The molecule has 0 spiro atoms. The summed E-state index contributed by atoms with van der Waals surface area (Å²) in [5.74, 6) is -1.07. The first-order valence-corrected chi connectivity index (χ1v) is 11.5. The summed E-state index contributed by atoms with van der Waals surface area (Å²) in [7, 11) is 0. The van der Waals surface area contributed by atoms with Gasteiger partial charge in [-0.15, -0.1) is 5.10 Å². The number of halogens is 2. The summed E-state index contributed by atoms with van der Waals surface area (Å²) < 4.78 is 12.1. The first-order chi connectivity index (χ1) is 15.9. The highest BCUT2D eigenvalue weighted by Gasteiger charge is 2.27. The van der Waals surface area contributed by atoms with Gasteiger partial charge in [0.2, 0.25) is 11.7 Å². The third-order valence-electron chi connectivity index (χ3n) is 5.31. The van der Waals surface area contributed by atoms with Gasteiger partial charge in [-0.2, -0.15) is 0 Å². The molecule has 1 saturated carbocycles. The Bertz CT molecular complexity index is 1150. The Morgan fingerprint density at radius 2 is 1.97 bits per heavy atom. The highest BCUT2D eigenvalue weighted by molar-refractivity contribution is 9.10. The third-order valence-corrected chi connectivity index (χ3v) is 6.12. The lowest BCUT2D eigenvalue weighted by molar-refractivity contribution is -0.143. The van der Waals surface area contributed by atoms with E-state index in [0.717, 1.165) is 4.47 Å². The predicted molar refractivity (Wildman–Crippen MR) is 123 cm³/mol. The van der Waals surface area contributed by atoms with Crippen LogP contribution in [0.2, 0.25) is 5.02 Å². The molecular weight excluding hydrogens is 516 g/mol. The Morgan fingerprint density at radius 1 is 1.18 bits per heavy atom. The molecule has 1 aromatic carbocycles. The van der Waals surface area contributed by atoms with E-state index in [1.807, 2.05) is 0 Å². The second-order valence-electron chi connectivity index (χ2n) is 7.70. The van der Waals surface area contributed by atoms with Crippen molar-refractivity contribution in [3.8, 4) is 5.88 Å². The number of pyridine rings is 1.